The Kier molecular flexibility index (Phi) is 4.72. The topological polar surface area (TPSA) is 41.5 Å². The minimum Gasteiger partial charge on any atom is -0.497 e. The van der Waals surface area contributed by atoms with Gasteiger partial charge in [0.1, 0.15) is 11.6 Å². The van der Waals surface area contributed by atoms with Gasteiger partial charge in [-0.25, -0.2) is 13.8 Å². The van der Waals surface area contributed by atoms with Gasteiger partial charge in [-0.3, -0.25) is 9.88 Å². The number of aromatic nitrogens is 2. The molecule has 3 heterocycles. The molecule has 2 aliphatic rings. The summed E-state index contributed by atoms with van der Waals surface area (Å²) in [5, 5.41) is 0. The first kappa shape index (κ1) is 18.1. The number of likely N-dealkylation sites (tertiary alicyclic amines) is 1. The molecule has 0 N–H and O–H groups in total. The molecule has 2 saturated heterocycles. The van der Waals surface area contributed by atoms with Crippen molar-refractivity contribution >= 4 is 5.82 Å². The van der Waals surface area contributed by atoms with Crippen LogP contribution in [-0.2, 0) is 6.54 Å². The molecule has 4 rings (SSSR count). The van der Waals surface area contributed by atoms with Crippen molar-refractivity contribution in [3.8, 4) is 5.75 Å². The second kappa shape index (κ2) is 7.03. The average molecular weight is 374 g/mol. The molecule has 0 bridgehead atoms. The zero-order chi connectivity index (χ0) is 18.9. The molecule has 1 unspecified atom stereocenters. The van der Waals surface area contributed by atoms with Crippen LogP contribution in [0.1, 0.15) is 18.4 Å². The zero-order valence-corrected chi connectivity index (χ0v) is 15.4. The van der Waals surface area contributed by atoms with Gasteiger partial charge in [-0.05, 0) is 24.1 Å². The maximum atomic E-state index is 15.0. The van der Waals surface area contributed by atoms with Crippen molar-refractivity contribution in [2.45, 2.75) is 25.3 Å². The summed E-state index contributed by atoms with van der Waals surface area (Å²) in [7, 11) is 1.63. The van der Waals surface area contributed by atoms with Crippen molar-refractivity contribution in [1.29, 1.82) is 0 Å². The quantitative estimate of drug-likeness (QED) is 0.822. The molecule has 1 aromatic heterocycles. The molecule has 2 fully saturated rings. The number of halogens is 2. The Morgan fingerprint density at radius 2 is 1.89 bits per heavy atom. The van der Waals surface area contributed by atoms with Gasteiger partial charge in [0.2, 0.25) is 0 Å². The van der Waals surface area contributed by atoms with E-state index in [1.165, 1.54) is 0 Å². The number of benzene rings is 1. The van der Waals surface area contributed by atoms with E-state index < -0.39 is 11.3 Å². The van der Waals surface area contributed by atoms with Gasteiger partial charge < -0.3 is 9.64 Å². The average Bonchev–Trinajstić information content (AvgIpc) is 3.12. The maximum Gasteiger partial charge on any atom is 0.257 e. The van der Waals surface area contributed by atoms with Gasteiger partial charge in [0, 0.05) is 51.5 Å². The number of hydrogen-bond acceptors (Lipinski definition) is 5. The predicted molar refractivity (Wildman–Crippen MR) is 99.1 cm³/mol. The fourth-order valence-electron chi connectivity index (χ4n) is 4.26. The first-order valence-electron chi connectivity index (χ1n) is 9.25. The Hall–Kier alpha value is -2.28. The number of rotatable bonds is 4. The molecule has 1 atom stereocenters. The molecular formula is C20H24F2N4O. The third-order valence-corrected chi connectivity index (χ3v) is 5.84. The molecule has 0 amide bonds. The van der Waals surface area contributed by atoms with E-state index in [0.29, 0.717) is 45.0 Å². The van der Waals surface area contributed by atoms with E-state index in [4.69, 9.17) is 4.74 Å². The van der Waals surface area contributed by atoms with Crippen molar-refractivity contribution in [3.63, 3.8) is 0 Å². The predicted octanol–water partition coefficient (Wildman–Crippen LogP) is 3.22. The van der Waals surface area contributed by atoms with Gasteiger partial charge in [-0.15, -0.1) is 0 Å². The van der Waals surface area contributed by atoms with Crippen LogP contribution >= 0.6 is 0 Å². The van der Waals surface area contributed by atoms with E-state index in [9.17, 15) is 8.78 Å². The van der Waals surface area contributed by atoms with Crippen LogP contribution in [0.4, 0.5) is 14.6 Å². The minimum atomic E-state index is -2.67. The number of methoxy groups -OCH3 is 1. The SMILES string of the molecule is COc1ccc(CN2CCC(F)(F)C3(CCN(c4cnccn4)C3)C2)cc1. The Labute approximate surface area is 158 Å². The number of hydrogen-bond donors (Lipinski definition) is 0. The Bertz CT molecular complexity index is 771. The van der Waals surface area contributed by atoms with Gasteiger partial charge in [-0.2, -0.15) is 0 Å². The number of anilines is 1. The van der Waals surface area contributed by atoms with Crippen molar-refractivity contribution in [2.75, 3.05) is 38.2 Å². The smallest absolute Gasteiger partial charge is 0.257 e. The van der Waals surface area contributed by atoms with Gasteiger partial charge >= 0.3 is 0 Å². The van der Waals surface area contributed by atoms with Crippen LogP contribution in [-0.4, -0.2) is 54.1 Å². The van der Waals surface area contributed by atoms with Gasteiger partial charge in [-0.1, -0.05) is 12.1 Å². The maximum absolute atomic E-state index is 15.0. The van der Waals surface area contributed by atoms with E-state index in [1.54, 1.807) is 25.7 Å². The number of alkyl halides is 2. The van der Waals surface area contributed by atoms with Crippen LogP contribution < -0.4 is 9.64 Å². The van der Waals surface area contributed by atoms with Crippen LogP contribution in [0, 0.1) is 5.41 Å². The first-order chi connectivity index (χ1) is 13.0. The fraction of sp³-hybridized carbons (Fsp3) is 0.500. The molecule has 27 heavy (non-hydrogen) atoms. The molecule has 1 aromatic carbocycles. The van der Waals surface area contributed by atoms with Gasteiger partial charge in [0.05, 0.1) is 18.7 Å². The first-order valence-corrected chi connectivity index (χ1v) is 9.25. The van der Waals surface area contributed by atoms with Crippen LogP contribution in [0.5, 0.6) is 5.75 Å². The molecule has 144 valence electrons. The summed E-state index contributed by atoms with van der Waals surface area (Å²) in [4.78, 5) is 12.4. The van der Waals surface area contributed by atoms with Crippen molar-refractivity contribution < 1.29 is 13.5 Å². The summed E-state index contributed by atoms with van der Waals surface area (Å²) in [6.07, 6.45) is 5.22. The highest BCUT2D eigenvalue weighted by atomic mass is 19.3. The van der Waals surface area contributed by atoms with Crippen molar-refractivity contribution in [3.05, 3.63) is 48.4 Å². The lowest BCUT2D eigenvalue weighted by Gasteiger charge is -2.46. The Morgan fingerprint density at radius 3 is 2.59 bits per heavy atom. The van der Waals surface area contributed by atoms with E-state index in [2.05, 4.69) is 14.9 Å². The summed E-state index contributed by atoms with van der Waals surface area (Å²) in [5.41, 5.74) is 0.0786. The lowest BCUT2D eigenvalue weighted by atomic mass is 9.75. The van der Waals surface area contributed by atoms with Crippen LogP contribution in [0.25, 0.3) is 0 Å². The summed E-state index contributed by atoms with van der Waals surface area (Å²) in [6.45, 7) is 2.38. The molecular weight excluding hydrogens is 350 g/mol. The summed E-state index contributed by atoms with van der Waals surface area (Å²) >= 11 is 0. The summed E-state index contributed by atoms with van der Waals surface area (Å²) < 4.78 is 35.1. The fourth-order valence-corrected chi connectivity index (χ4v) is 4.26. The second-order valence-corrected chi connectivity index (χ2v) is 7.53. The highest BCUT2D eigenvalue weighted by Gasteiger charge is 2.59. The van der Waals surface area contributed by atoms with Crippen LogP contribution in [0.2, 0.25) is 0 Å². The van der Waals surface area contributed by atoms with E-state index >= 15 is 0 Å². The van der Waals surface area contributed by atoms with Crippen molar-refractivity contribution in [1.82, 2.24) is 14.9 Å². The van der Waals surface area contributed by atoms with E-state index in [-0.39, 0.29) is 6.42 Å². The van der Waals surface area contributed by atoms with Crippen LogP contribution in [0.15, 0.2) is 42.9 Å². The van der Waals surface area contributed by atoms with Gasteiger partial charge in [0.25, 0.3) is 5.92 Å². The molecule has 1 spiro atoms. The Balaban J connectivity index is 1.49. The normalized spacial score (nSPS) is 25.1. The molecule has 0 aliphatic carbocycles. The molecule has 5 nitrogen and oxygen atoms in total. The van der Waals surface area contributed by atoms with E-state index in [1.807, 2.05) is 29.2 Å². The summed E-state index contributed by atoms with van der Waals surface area (Å²) in [6, 6.07) is 7.82. The third-order valence-electron chi connectivity index (χ3n) is 5.84. The lowest BCUT2D eigenvalue weighted by Crippen LogP contribution is -2.56. The molecule has 7 heteroatoms. The molecule has 0 saturated carbocycles. The zero-order valence-electron chi connectivity index (χ0n) is 15.4. The number of piperidine rings is 1. The molecule has 0 radical (unpaired) electrons. The standard InChI is InChI=1S/C20H24F2N4O/c1-27-17-4-2-16(3-5-17)13-25-10-7-20(21,22)19(14-25)6-11-26(15-19)18-12-23-8-9-24-18/h2-5,8-9,12H,6-7,10-11,13-15H2,1H3. The highest BCUT2D eigenvalue weighted by molar-refractivity contribution is 5.38. The van der Waals surface area contributed by atoms with Crippen LogP contribution in [0.3, 0.4) is 0 Å². The monoisotopic (exact) mass is 374 g/mol. The van der Waals surface area contributed by atoms with Crippen molar-refractivity contribution in [2.24, 2.45) is 5.41 Å². The highest BCUT2D eigenvalue weighted by Crippen LogP contribution is 2.50. The molecule has 2 aromatic rings. The molecule has 2 aliphatic heterocycles. The van der Waals surface area contributed by atoms with Gasteiger partial charge in [0.15, 0.2) is 0 Å². The largest absolute Gasteiger partial charge is 0.497 e. The Morgan fingerprint density at radius 1 is 1.07 bits per heavy atom. The second-order valence-electron chi connectivity index (χ2n) is 7.53. The van der Waals surface area contributed by atoms with E-state index in [0.717, 1.165) is 11.3 Å². The minimum absolute atomic E-state index is 0.0997. The number of nitrogens with zero attached hydrogens (tertiary/aromatic N) is 4. The summed E-state index contributed by atoms with van der Waals surface area (Å²) in [5.74, 6) is -1.19. The number of ether oxygens (including phenoxy) is 1. The third kappa shape index (κ3) is 3.48. The lowest BCUT2D eigenvalue weighted by molar-refractivity contribution is -0.158.